The molecule has 0 aromatic heterocycles. The lowest BCUT2D eigenvalue weighted by atomic mass is 10.1. The standard InChI is InChI=1S/C11H20N5O14P3/c1-6-3-16(11(18)14-10(6)17)9-2-7(26-5-13-15-12)8(28-9)4-27-32(22,23)30-33(24,25)29-31(19,20)21/h3,7-9,11,18H,2,4-5H2,1H3,(H,14,17)(H,22,23)(H,24,25)(H2,19,20,21)/t7?,8-,9-,11?/m1/s1. The molecule has 4 unspecified atom stereocenters. The number of carbonyl (C=O) groups is 1. The van der Waals surface area contributed by atoms with Crippen LogP contribution in [0.25, 0.3) is 10.4 Å². The highest BCUT2D eigenvalue weighted by Gasteiger charge is 2.45. The number of carbonyl (C=O) groups excluding carboxylic acids is 1. The summed E-state index contributed by atoms with van der Waals surface area (Å²) in [6.45, 7) is 0.156. The fourth-order valence-electron chi connectivity index (χ4n) is 2.73. The minimum absolute atomic E-state index is 0.0257. The van der Waals surface area contributed by atoms with Gasteiger partial charge in [-0.2, -0.15) is 8.62 Å². The molecule has 22 heteroatoms. The molecule has 0 aromatic rings. The summed E-state index contributed by atoms with van der Waals surface area (Å²) in [6, 6.07) is 0. The number of amides is 1. The van der Waals surface area contributed by atoms with Crippen molar-refractivity contribution in [1.29, 1.82) is 0 Å². The lowest BCUT2D eigenvalue weighted by Crippen LogP contribution is -2.53. The van der Waals surface area contributed by atoms with E-state index in [9.17, 15) is 33.4 Å². The van der Waals surface area contributed by atoms with Crippen molar-refractivity contribution in [3.05, 3.63) is 22.2 Å². The maximum atomic E-state index is 11.9. The molecule has 6 N–H and O–H groups in total. The van der Waals surface area contributed by atoms with E-state index in [2.05, 4.69) is 28.5 Å². The molecule has 0 aliphatic carbocycles. The van der Waals surface area contributed by atoms with Crippen molar-refractivity contribution in [2.24, 2.45) is 5.11 Å². The fourth-order valence-corrected chi connectivity index (χ4v) is 5.76. The average molecular weight is 539 g/mol. The van der Waals surface area contributed by atoms with Gasteiger partial charge in [0.2, 0.25) is 6.35 Å². The Labute approximate surface area is 184 Å². The maximum absolute atomic E-state index is 11.9. The zero-order chi connectivity index (χ0) is 25.0. The molecule has 2 aliphatic rings. The lowest BCUT2D eigenvalue weighted by molar-refractivity contribution is -0.143. The van der Waals surface area contributed by atoms with Crippen molar-refractivity contribution in [3.8, 4) is 0 Å². The van der Waals surface area contributed by atoms with Crippen LogP contribution in [-0.4, -0.2) is 73.6 Å². The number of aliphatic hydroxyl groups is 1. The number of rotatable bonds is 11. The normalized spacial score (nSPS) is 29.5. The summed E-state index contributed by atoms with van der Waals surface area (Å²) >= 11 is 0. The van der Waals surface area contributed by atoms with Gasteiger partial charge in [-0.3, -0.25) is 9.32 Å². The predicted octanol–water partition coefficient (Wildman–Crippen LogP) is -0.291. The Morgan fingerprint density at radius 3 is 2.55 bits per heavy atom. The van der Waals surface area contributed by atoms with Gasteiger partial charge >= 0.3 is 23.5 Å². The van der Waals surface area contributed by atoms with Crippen molar-refractivity contribution < 1.29 is 65.8 Å². The number of phosphoric ester groups is 1. The number of hydrogen-bond acceptors (Lipinski definition) is 12. The Kier molecular flexibility index (Phi) is 9.20. The summed E-state index contributed by atoms with van der Waals surface area (Å²) in [6.07, 6.45) is -3.36. The molecule has 0 saturated carbocycles. The minimum Gasteiger partial charge on any atom is -0.369 e. The first-order valence-corrected chi connectivity index (χ1v) is 13.2. The number of azide groups is 1. The first-order chi connectivity index (χ1) is 15.1. The second-order valence-electron chi connectivity index (χ2n) is 6.42. The number of phosphoric acid groups is 3. The van der Waals surface area contributed by atoms with Gasteiger partial charge in [0.1, 0.15) is 19.1 Å². The molecule has 1 fully saturated rings. The number of nitrogens with one attached hydrogen (secondary N) is 1. The molecule has 6 atom stereocenters. The van der Waals surface area contributed by atoms with E-state index in [0.717, 1.165) is 0 Å². The third-order valence-electron chi connectivity index (χ3n) is 3.98. The second kappa shape index (κ2) is 10.9. The Bertz CT molecular complexity index is 964. The van der Waals surface area contributed by atoms with Gasteiger partial charge in [-0.15, -0.1) is 0 Å². The van der Waals surface area contributed by atoms with Crippen LogP contribution >= 0.6 is 23.5 Å². The molecule has 2 heterocycles. The van der Waals surface area contributed by atoms with Crippen molar-refractivity contribution in [2.75, 3.05) is 13.3 Å². The SMILES string of the molecule is CC1=CN([C@H]2CC(OCN=[N+]=[N-])[C@@H](COP(=O)(O)OP(=O)(O)OP(=O)(O)O)O2)C(O)NC1=O. The Hall–Kier alpha value is -1.39. The van der Waals surface area contributed by atoms with E-state index in [1.54, 1.807) is 0 Å². The second-order valence-corrected chi connectivity index (χ2v) is 10.8. The molecule has 0 spiro atoms. The van der Waals surface area contributed by atoms with Crippen LogP contribution in [0, 0.1) is 0 Å². The van der Waals surface area contributed by atoms with Crippen LogP contribution in [0.15, 0.2) is 16.9 Å². The molecule has 0 aromatic carbocycles. The summed E-state index contributed by atoms with van der Waals surface area (Å²) in [5.41, 5.74) is 8.61. The molecular weight excluding hydrogens is 519 g/mol. The van der Waals surface area contributed by atoms with E-state index < -0.39 is 67.5 Å². The highest BCUT2D eigenvalue weighted by molar-refractivity contribution is 7.66. The first-order valence-electron chi connectivity index (χ1n) is 8.63. The highest BCUT2D eigenvalue weighted by Crippen LogP contribution is 2.66. The van der Waals surface area contributed by atoms with Crippen molar-refractivity contribution in [1.82, 2.24) is 10.2 Å². The zero-order valence-corrected chi connectivity index (χ0v) is 19.2. The van der Waals surface area contributed by atoms with Gasteiger partial charge in [0.05, 0.1) is 12.7 Å². The van der Waals surface area contributed by atoms with Gasteiger partial charge in [0.15, 0.2) is 0 Å². The summed E-state index contributed by atoms with van der Waals surface area (Å²) in [5, 5.41) is 15.5. The van der Waals surface area contributed by atoms with Crippen LogP contribution in [0.5, 0.6) is 0 Å². The van der Waals surface area contributed by atoms with E-state index in [1.807, 2.05) is 0 Å². The molecule has 188 valence electrons. The van der Waals surface area contributed by atoms with E-state index >= 15 is 0 Å². The molecule has 33 heavy (non-hydrogen) atoms. The molecule has 2 aliphatic heterocycles. The Balaban J connectivity index is 2.09. The number of aliphatic hydroxyl groups excluding tert-OH is 1. The zero-order valence-electron chi connectivity index (χ0n) is 16.5. The van der Waals surface area contributed by atoms with Gasteiger partial charge in [-0.05, 0) is 12.5 Å². The lowest BCUT2D eigenvalue weighted by Gasteiger charge is -2.35. The van der Waals surface area contributed by atoms with Gasteiger partial charge < -0.3 is 44.4 Å². The summed E-state index contributed by atoms with van der Waals surface area (Å²) in [4.78, 5) is 51.2. The van der Waals surface area contributed by atoms with Crippen LogP contribution in [0.2, 0.25) is 0 Å². The smallest absolute Gasteiger partial charge is 0.369 e. The Morgan fingerprint density at radius 2 is 1.94 bits per heavy atom. The van der Waals surface area contributed by atoms with Gasteiger partial charge in [-0.1, -0.05) is 5.11 Å². The van der Waals surface area contributed by atoms with E-state index in [-0.39, 0.29) is 12.0 Å². The van der Waals surface area contributed by atoms with Crippen LogP contribution in [0.1, 0.15) is 13.3 Å². The van der Waals surface area contributed by atoms with E-state index in [4.69, 9.17) is 24.8 Å². The maximum Gasteiger partial charge on any atom is 0.490 e. The fraction of sp³-hybridized carbons (Fsp3) is 0.727. The molecule has 0 radical (unpaired) electrons. The predicted molar refractivity (Wildman–Crippen MR) is 102 cm³/mol. The third-order valence-corrected chi connectivity index (χ3v) is 7.79. The monoisotopic (exact) mass is 539 g/mol. The summed E-state index contributed by atoms with van der Waals surface area (Å²) in [7, 11) is -16.7. The largest absolute Gasteiger partial charge is 0.490 e. The van der Waals surface area contributed by atoms with E-state index in [1.165, 1.54) is 18.0 Å². The number of nitrogens with zero attached hydrogens (tertiary/aromatic N) is 4. The molecule has 0 bridgehead atoms. The number of ether oxygens (including phenoxy) is 2. The molecule has 19 nitrogen and oxygen atoms in total. The van der Waals surface area contributed by atoms with Gasteiger partial charge in [0.25, 0.3) is 5.91 Å². The van der Waals surface area contributed by atoms with Crippen LogP contribution in [0.4, 0.5) is 0 Å². The number of hydrogen-bond donors (Lipinski definition) is 6. The van der Waals surface area contributed by atoms with Crippen molar-refractivity contribution in [2.45, 2.75) is 38.1 Å². The quantitative estimate of drug-likeness (QED) is 0.0851. The van der Waals surface area contributed by atoms with E-state index in [0.29, 0.717) is 0 Å². The van der Waals surface area contributed by atoms with Crippen LogP contribution < -0.4 is 5.32 Å². The third kappa shape index (κ3) is 8.72. The topological polar surface area (TPSA) is 280 Å². The van der Waals surface area contributed by atoms with Crippen molar-refractivity contribution in [3.63, 3.8) is 0 Å². The molecule has 2 rings (SSSR count). The summed E-state index contributed by atoms with van der Waals surface area (Å²) in [5.74, 6) is -0.530. The minimum atomic E-state index is -5.71. The molecule has 1 amide bonds. The average Bonchev–Trinajstić information content (AvgIpc) is 3.03. The summed E-state index contributed by atoms with van der Waals surface area (Å²) < 4.78 is 56.7. The first kappa shape index (κ1) is 27.9. The van der Waals surface area contributed by atoms with Crippen LogP contribution in [-0.2, 0) is 41.1 Å². The van der Waals surface area contributed by atoms with Crippen LogP contribution in [0.3, 0.4) is 0 Å². The van der Waals surface area contributed by atoms with Gasteiger partial charge in [0, 0.05) is 23.1 Å². The van der Waals surface area contributed by atoms with Gasteiger partial charge in [-0.25, -0.2) is 13.7 Å². The Morgan fingerprint density at radius 1 is 1.27 bits per heavy atom. The van der Waals surface area contributed by atoms with Crippen molar-refractivity contribution >= 4 is 29.4 Å². The highest BCUT2D eigenvalue weighted by atomic mass is 31.3. The molecular formula is C11H20N5O14P3. The molecule has 1 saturated heterocycles.